The van der Waals surface area contributed by atoms with E-state index in [1.54, 1.807) is 23.5 Å². The Morgan fingerprint density at radius 1 is 1.11 bits per heavy atom. The molecule has 0 spiro atoms. The molecule has 28 heavy (non-hydrogen) atoms. The highest BCUT2D eigenvalue weighted by atomic mass is 32.1. The molecule has 6 heteroatoms. The lowest BCUT2D eigenvalue weighted by atomic mass is 10.1. The molecule has 1 N–H and O–H groups in total. The first-order valence-corrected chi connectivity index (χ1v) is 10.1. The average Bonchev–Trinajstić information content (AvgIpc) is 3.09. The summed E-state index contributed by atoms with van der Waals surface area (Å²) in [7, 11) is 0. The van der Waals surface area contributed by atoms with Gasteiger partial charge in [0.2, 0.25) is 0 Å². The van der Waals surface area contributed by atoms with Gasteiger partial charge in [0.05, 0.1) is 22.2 Å². The van der Waals surface area contributed by atoms with Gasteiger partial charge in [-0.25, -0.2) is 4.98 Å². The summed E-state index contributed by atoms with van der Waals surface area (Å²) in [4.78, 5) is 18.6. The molecule has 5 nitrogen and oxygen atoms in total. The van der Waals surface area contributed by atoms with Gasteiger partial charge >= 0.3 is 0 Å². The number of para-hydroxylation sites is 1. The highest BCUT2D eigenvalue weighted by Gasteiger charge is 2.23. The normalized spacial score (nSPS) is 13.8. The number of carbonyl (C=O) groups excluding carboxylic acids is 1. The summed E-state index contributed by atoms with van der Waals surface area (Å²) >= 11 is 1.61. The monoisotopic (exact) mass is 394 g/mol. The van der Waals surface area contributed by atoms with Crippen molar-refractivity contribution in [1.29, 1.82) is 0 Å². The summed E-state index contributed by atoms with van der Waals surface area (Å²) < 4.78 is 11.2. The third kappa shape index (κ3) is 3.60. The number of carbonyl (C=O) groups is 1. The van der Waals surface area contributed by atoms with Crippen LogP contribution in [0.1, 0.15) is 39.5 Å². The lowest BCUT2D eigenvalue weighted by molar-refractivity contribution is 0.0929. The van der Waals surface area contributed by atoms with Crippen LogP contribution < -0.4 is 14.8 Å². The minimum Gasteiger partial charge on any atom is -0.486 e. The summed E-state index contributed by atoms with van der Waals surface area (Å²) in [5.74, 6) is 0.946. The maximum absolute atomic E-state index is 12.9. The third-order valence-corrected chi connectivity index (χ3v) is 6.07. The SMILES string of the molecule is Cc1ccc(-c2nc(C)c(C(C)NC(=O)c3cccc4c3OCCO4)s2)cc1. The van der Waals surface area contributed by atoms with E-state index in [9.17, 15) is 4.79 Å². The summed E-state index contributed by atoms with van der Waals surface area (Å²) in [5.41, 5.74) is 3.73. The van der Waals surface area contributed by atoms with Crippen LogP contribution in [0.5, 0.6) is 11.5 Å². The Balaban J connectivity index is 1.55. The molecular formula is C22H22N2O3S. The van der Waals surface area contributed by atoms with Crippen LogP contribution in [0.2, 0.25) is 0 Å². The molecule has 1 unspecified atom stereocenters. The van der Waals surface area contributed by atoms with Crippen LogP contribution in [-0.2, 0) is 0 Å². The van der Waals surface area contributed by atoms with Crippen LogP contribution in [0.3, 0.4) is 0 Å². The Bertz CT molecular complexity index is 1010. The number of hydrogen-bond acceptors (Lipinski definition) is 5. The van der Waals surface area contributed by atoms with E-state index in [2.05, 4.69) is 36.5 Å². The van der Waals surface area contributed by atoms with Crippen molar-refractivity contribution in [3.05, 3.63) is 64.2 Å². The molecular weight excluding hydrogens is 372 g/mol. The first-order valence-electron chi connectivity index (χ1n) is 9.27. The van der Waals surface area contributed by atoms with E-state index in [1.165, 1.54) is 5.56 Å². The van der Waals surface area contributed by atoms with Gasteiger partial charge in [-0.2, -0.15) is 0 Å². The molecule has 1 amide bonds. The molecule has 144 valence electrons. The van der Waals surface area contributed by atoms with E-state index in [0.29, 0.717) is 30.3 Å². The molecule has 0 fully saturated rings. The second kappa shape index (κ2) is 7.64. The van der Waals surface area contributed by atoms with E-state index in [4.69, 9.17) is 14.5 Å². The highest BCUT2D eigenvalue weighted by molar-refractivity contribution is 7.15. The molecule has 1 atom stereocenters. The van der Waals surface area contributed by atoms with E-state index in [1.807, 2.05) is 19.9 Å². The number of ether oxygens (including phenoxy) is 2. The Kier molecular flexibility index (Phi) is 5.05. The van der Waals surface area contributed by atoms with E-state index in [-0.39, 0.29) is 11.9 Å². The van der Waals surface area contributed by atoms with Crippen molar-refractivity contribution < 1.29 is 14.3 Å². The number of nitrogens with one attached hydrogen (secondary N) is 1. The topological polar surface area (TPSA) is 60.5 Å². The Morgan fingerprint density at radius 2 is 1.86 bits per heavy atom. The number of rotatable bonds is 4. The maximum atomic E-state index is 12.9. The van der Waals surface area contributed by atoms with Gasteiger partial charge in [0.1, 0.15) is 18.2 Å². The Labute approximate surface area is 168 Å². The average molecular weight is 394 g/mol. The number of thiazole rings is 1. The zero-order valence-electron chi connectivity index (χ0n) is 16.1. The molecule has 4 rings (SSSR count). The Morgan fingerprint density at radius 3 is 2.64 bits per heavy atom. The van der Waals surface area contributed by atoms with E-state index < -0.39 is 0 Å². The molecule has 1 aromatic heterocycles. The quantitative estimate of drug-likeness (QED) is 0.697. The van der Waals surface area contributed by atoms with Crippen LogP contribution in [0.4, 0.5) is 0 Å². The fourth-order valence-electron chi connectivity index (χ4n) is 3.22. The van der Waals surface area contributed by atoms with Crippen LogP contribution in [0.25, 0.3) is 10.6 Å². The van der Waals surface area contributed by atoms with Crippen LogP contribution >= 0.6 is 11.3 Å². The fourth-order valence-corrected chi connectivity index (χ4v) is 4.30. The van der Waals surface area contributed by atoms with E-state index >= 15 is 0 Å². The smallest absolute Gasteiger partial charge is 0.255 e. The lowest BCUT2D eigenvalue weighted by Crippen LogP contribution is -2.28. The van der Waals surface area contributed by atoms with Crippen molar-refractivity contribution in [3.63, 3.8) is 0 Å². The predicted octanol–water partition coefficient (Wildman–Crippen LogP) is 4.69. The van der Waals surface area contributed by atoms with Gasteiger partial charge in [0.25, 0.3) is 5.91 Å². The van der Waals surface area contributed by atoms with Crippen LogP contribution in [-0.4, -0.2) is 24.1 Å². The van der Waals surface area contributed by atoms with Crippen molar-refractivity contribution >= 4 is 17.2 Å². The number of benzene rings is 2. The standard InChI is InChI=1S/C22H22N2O3S/c1-13-7-9-16(10-8-13)22-24-15(3)20(28-22)14(2)23-21(25)17-5-4-6-18-19(17)27-12-11-26-18/h4-10,14H,11-12H2,1-3H3,(H,23,25). The molecule has 0 aliphatic carbocycles. The zero-order chi connectivity index (χ0) is 19.7. The highest BCUT2D eigenvalue weighted by Crippen LogP contribution is 2.35. The van der Waals surface area contributed by atoms with Crippen molar-refractivity contribution in [2.24, 2.45) is 0 Å². The predicted molar refractivity (Wildman–Crippen MR) is 110 cm³/mol. The second-order valence-corrected chi connectivity index (χ2v) is 7.89. The first-order chi connectivity index (χ1) is 13.5. The summed E-state index contributed by atoms with van der Waals surface area (Å²) in [6.07, 6.45) is 0. The molecule has 0 saturated carbocycles. The molecule has 2 aromatic carbocycles. The van der Waals surface area contributed by atoms with Gasteiger partial charge in [0, 0.05) is 5.56 Å². The summed E-state index contributed by atoms with van der Waals surface area (Å²) in [5, 5.41) is 4.03. The second-order valence-electron chi connectivity index (χ2n) is 6.86. The van der Waals surface area contributed by atoms with Crippen molar-refractivity contribution in [1.82, 2.24) is 10.3 Å². The number of fused-ring (bicyclic) bond motifs is 1. The van der Waals surface area contributed by atoms with E-state index in [0.717, 1.165) is 21.1 Å². The van der Waals surface area contributed by atoms with Gasteiger partial charge in [-0.15, -0.1) is 11.3 Å². The summed E-state index contributed by atoms with van der Waals surface area (Å²) in [6, 6.07) is 13.5. The number of hydrogen-bond donors (Lipinski definition) is 1. The lowest BCUT2D eigenvalue weighted by Gasteiger charge is -2.21. The van der Waals surface area contributed by atoms with Gasteiger partial charge in [0.15, 0.2) is 11.5 Å². The largest absolute Gasteiger partial charge is 0.486 e. The summed E-state index contributed by atoms with van der Waals surface area (Å²) in [6.45, 7) is 6.96. The van der Waals surface area contributed by atoms with Crippen molar-refractivity contribution in [3.8, 4) is 22.1 Å². The maximum Gasteiger partial charge on any atom is 0.255 e. The minimum atomic E-state index is -0.181. The number of amides is 1. The molecule has 2 heterocycles. The van der Waals surface area contributed by atoms with Crippen LogP contribution in [0, 0.1) is 13.8 Å². The molecule has 0 radical (unpaired) electrons. The minimum absolute atomic E-state index is 0.162. The number of aryl methyl sites for hydroxylation is 2. The fraction of sp³-hybridized carbons (Fsp3) is 0.273. The first kappa shape index (κ1) is 18.5. The zero-order valence-corrected chi connectivity index (χ0v) is 16.9. The molecule has 0 saturated heterocycles. The third-order valence-electron chi connectivity index (χ3n) is 4.68. The van der Waals surface area contributed by atoms with Crippen molar-refractivity contribution in [2.45, 2.75) is 26.8 Å². The molecule has 3 aromatic rings. The van der Waals surface area contributed by atoms with Gasteiger partial charge in [-0.1, -0.05) is 35.9 Å². The van der Waals surface area contributed by atoms with Gasteiger partial charge < -0.3 is 14.8 Å². The van der Waals surface area contributed by atoms with Crippen LogP contribution in [0.15, 0.2) is 42.5 Å². The number of nitrogens with zero attached hydrogens (tertiary/aromatic N) is 1. The number of aromatic nitrogens is 1. The molecule has 0 bridgehead atoms. The molecule has 1 aliphatic heterocycles. The molecule has 1 aliphatic rings. The Hall–Kier alpha value is -2.86. The van der Waals surface area contributed by atoms with Gasteiger partial charge in [-0.3, -0.25) is 4.79 Å². The van der Waals surface area contributed by atoms with Crippen molar-refractivity contribution in [2.75, 3.05) is 13.2 Å². The van der Waals surface area contributed by atoms with Gasteiger partial charge in [-0.05, 0) is 32.9 Å².